The second-order valence-corrected chi connectivity index (χ2v) is 7.57. The van der Waals surface area contributed by atoms with E-state index >= 15 is 0 Å². The van der Waals surface area contributed by atoms with Gasteiger partial charge in [-0.2, -0.15) is 13.2 Å². The van der Waals surface area contributed by atoms with Gasteiger partial charge >= 0.3 is 12.1 Å². The van der Waals surface area contributed by atoms with Crippen molar-refractivity contribution < 1.29 is 32.3 Å². The lowest BCUT2D eigenvalue weighted by atomic mass is 9.95. The number of hydrogen-bond acceptors (Lipinski definition) is 6. The third kappa shape index (κ3) is 4.03. The number of nitrogens with two attached hydrogens (primary N) is 1. The minimum atomic E-state index is -4.72. The van der Waals surface area contributed by atoms with Crippen molar-refractivity contribution in [1.82, 2.24) is 0 Å². The van der Waals surface area contributed by atoms with Crippen molar-refractivity contribution in [3.8, 4) is 0 Å². The van der Waals surface area contributed by atoms with E-state index in [9.17, 15) is 27.6 Å². The number of nitrogens with one attached hydrogen (secondary N) is 1. The number of halogens is 3. The van der Waals surface area contributed by atoms with Crippen LogP contribution in [0.3, 0.4) is 0 Å². The number of methoxy groups -OCH3 is 1. The molecule has 10 heteroatoms. The first-order chi connectivity index (χ1) is 13.7. The first kappa shape index (κ1) is 21.0. The molecule has 0 saturated heterocycles. The number of thiophene rings is 1. The molecule has 0 fully saturated rings. The number of esters is 1. The summed E-state index contributed by atoms with van der Waals surface area (Å²) >= 11 is 1.06. The van der Waals surface area contributed by atoms with Crippen LogP contribution in [0.15, 0.2) is 24.3 Å². The van der Waals surface area contributed by atoms with Gasteiger partial charge in [0.15, 0.2) is 5.78 Å². The largest absolute Gasteiger partial charge is 0.469 e. The highest BCUT2D eigenvalue weighted by Crippen LogP contribution is 2.43. The molecule has 0 saturated carbocycles. The molecule has 1 aliphatic rings. The zero-order valence-electron chi connectivity index (χ0n) is 15.3. The Hall–Kier alpha value is -2.72. The lowest BCUT2D eigenvalue weighted by molar-refractivity contribution is -0.145. The van der Waals surface area contributed by atoms with Gasteiger partial charge in [0.05, 0.1) is 30.7 Å². The molecule has 1 unspecified atom stereocenters. The van der Waals surface area contributed by atoms with Gasteiger partial charge in [-0.15, -0.1) is 11.3 Å². The molecule has 1 atom stereocenters. The van der Waals surface area contributed by atoms with Crippen molar-refractivity contribution in [2.75, 3.05) is 19.0 Å². The Bertz CT molecular complexity index is 984. The van der Waals surface area contributed by atoms with E-state index in [1.165, 1.54) is 19.2 Å². The van der Waals surface area contributed by atoms with Gasteiger partial charge in [0, 0.05) is 10.4 Å². The number of carbonyl (C=O) groups is 3. The van der Waals surface area contributed by atoms with Crippen molar-refractivity contribution in [3.05, 3.63) is 51.4 Å². The monoisotopic (exact) mass is 426 g/mol. The summed E-state index contributed by atoms with van der Waals surface area (Å²) in [6.07, 6.45) is -4.29. The van der Waals surface area contributed by atoms with Crippen LogP contribution < -0.4 is 11.1 Å². The normalized spacial score (nSPS) is 15.7. The van der Waals surface area contributed by atoms with Crippen LogP contribution in [-0.4, -0.2) is 31.3 Å². The van der Waals surface area contributed by atoms with Crippen LogP contribution >= 0.6 is 11.3 Å². The number of ether oxygens (including phenoxy) is 1. The van der Waals surface area contributed by atoms with Crippen molar-refractivity contribution >= 4 is 34.0 Å². The van der Waals surface area contributed by atoms with Gasteiger partial charge in [-0.3, -0.25) is 14.4 Å². The van der Waals surface area contributed by atoms with E-state index in [2.05, 4.69) is 5.32 Å². The number of fused-ring (bicyclic) bond motifs is 1. The van der Waals surface area contributed by atoms with Crippen molar-refractivity contribution in [2.45, 2.75) is 19.0 Å². The smallest absolute Gasteiger partial charge is 0.417 e. The molecule has 0 spiro atoms. The van der Waals surface area contributed by atoms with Gasteiger partial charge in [0.2, 0.25) is 5.91 Å². The van der Waals surface area contributed by atoms with Crippen LogP contribution in [0.25, 0.3) is 0 Å². The predicted octanol–water partition coefficient (Wildman–Crippen LogP) is 2.78. The quantitative estimate of drug-likeness (QED) is 0.566. The highest BCUT2D eigenvalue weighted by molar-refractivity contribution is 7.17. The fourth-order valence-electron chi connectivity index (χ4n) is 3.34. The van der Waals surface area contributed by atoms with Gasteiger partial charge in [0.1, 0.15) is 5.00 Å². The maximum Gasteiger partial charge on any atom is 0.417 e. The summed E-state index contributed by atoms with van der Waals surface area (Å²) in [7, 11) is 1.24. The fraction of sp³-hybridized carbons (Fsp3) is 0.316. The lowest BCUT2D eigenvalue weighted by Crippen LogP contribution is -2.23. The summed E-state index contributed by atoms with van der Waals surface area (Å²) in [5.74, 6) is -2.43. The Morgan fingerprint density at radius 1 is 1.24 bits per heavy atom. The number of alkyl halides is 3. The minimum Gasteiger partial charge on any atom is -0.469 e. The number of carbonyl (C=O) groups excluding carboxylic acids is 3. The average Bonchev–Trinajstić information content (AvgIpc) is 3.23. The van der Waals surface area contributed by atoms with Gasteiger partial charge in [-0.05, 0) is 24.5 Å². The van der Waals surface area contributed by atoms with Crippen LogP contribution in [0, 0.1) is 5.92 Å². The van der Waals surface area contributed by atoms with Gasteiger partial charge in [-0.25, -0.2) is 0 Å². The molecule has 3 N–H and O–H groups in total. The van der Waals surface area contributed by atoms with Gasteiger partial charge in [-0.1, -0.05) is 18.2 Å². The molecule has 1 heterocycles. The molecule has 1 aromatic carbocycles. The molecule has 0 bridgehead atoms. The van der Waals surface area contributed by atoms with E-state index < -0.39 is 40.9 Å². The molecule has 154 valence electrons. The standard InChI is InChI=1S/C19H17F3N2O4S/c1-28-18(27)9-6-11-13(7-9)29-17(24-14(25)8-23)15(11)16(26)10-4-2-3-5-12(10)19(20,21)22/h2-5,9H,6-8,23H2,1H3,(H,24,25). The Kier molecular flexibility index (Phi) is 5.76. The molecule has 3 rings (SSSR count). The van der Waals surface area contributed by atoms with Gasteiger partial charge in [0.25, 0.3) is 0 Å². The molecule has 0 radical (unpaired) electrons. The maximum absolute atomic E-state index is 13.4. The SMILES string of the molecule is COC(=O)C1Cc2sc(NC(=O)CN)c(C(=O)c3ccccc3C(F)(F)F)c2C1. The lowest BCUT2D eigenvalue weighted by Gasteiger charge is -2.14. The van der Waals surface area contributed by atoms with E-state index in [0.717, 1.165) is 23.5 Å². The van der Waals surface area contributed by atoms with Crippen molar-refractivity contribution in [3.63, 3.8) is 0 Å². The summed E-state index contributed by atoms with van der Waals surface area (Å²) in [5.41, 5.74) is 4.14. The van der Waals surface area contributed by atoms with E-state index in [-0.39, 0.29) is 30.0 Å². The Morgan fingerprint density at radius 3 is 2.55 bits per heavy atom. The molecule has 6 nitrogen and oxygen atoms in total. The number of hydrogen-bond donors (Lipinski definition) is 2. The first-order valence-electron chi connectivity index (χ1n) is 8.60. The van der Waals surface area contributed by atoms with E-state index in [1.54, 1.807) is 0 Å². The second kappa shape index (κ2) is 7.96. The molecule has 1 amide bonds. The summed E-state index contributed by atoms with van der Waals surface area (Å²) in [4.78, 5) is 37.5. The molecule has 0 aliphatic heterocycles. The molecule has 29 heavy (non-hydrogen) atoms. The summed E-state index contributed by atoms with van der Waals surface area (Å²) in [5, 5.41) is 2.63. The zero-order chi connectivity index (χ0) is 21.3. The van der Waals surface area contributed by atoms with Crippen LogP contribution in [0.2, 0.25) is 0 Å². The third-order valence-corrected chi connectivity index (χ3v) is 5.82. The first-order valence-corrected chi connectivity index (χ1v) is 9.42. The van der Waals surface area contributed by atoms with E-state index in [1.807, 2.05) is 0 Å². The van der Waals surface area contributed by atoms with Crippen LogP contribution in [-0.2, 0) is 33.3 Å². The Morgan fingerprint density at radius 2 is 1.93 bits per heavy atom. The number of amides is 1. The fourth-order valence-corrected chi connectivity index (χ4v) is 4.66. The molecular weight excluding hydrogens is 409 g/mol. The topological polar surface area (TPSA) is 98.5 Å². The highest BCUT2D eigenvalue weighted by atomic mass is 32.1. The number of rotatable bonds is 5. The van der Waals surface area contributed by atoms with Crippen molar-refractivity contribution in [1.29, 1.82) is 0 Å². The highest BCUT2D eigenvalue weighted by Gasteiger charge is 2.39. The average molecular weight is 426 g/mol. The number of anilines is 1. The maximum atomic E-state index is 13.4. The Labute approximate surface area is 167 Å². The van der Waals surface area contributed by atoms with Crippen molar-refractivity contribution in [2.24, 2.45) is 11.7 Å². The summed E-state index contributed by atoms with van der Waals surface area (Å²) in [6.45, 7) is -0.347. The molecule has 1 aliphatic carbocycles. The third-order valence-electron chi connectivity index (χ3n) is 4.65. The van der Waals surface area contributed by atoms with E-state index in [4.69, 9.17) is 10.5 Å². The van der Waals surface area contributed by atoms with Gasteiger partial charge < -0.3 is 15.8 Å². The van der Waals surface area contributed by atoms with E-state index in [0.29, 0.717) is 10.4 Å². The second-order valence-electron chi connectivity index (χ2n) is 6.46. The molecule has 1 aromatic heterocycles. The molecular formula is C19H17F3N2O4S. The summed E-state index contributed by atoms with van der Waals surface area (Å²) < 4.78 is 45.0. The number of ketones is 1. The van der Waals surface area contributed by atoms with Crippen LogP contribution in [0.5, 0.6) is 0 Å². The van der Waals surface area contributed by atoms with Crippen LogP contribution in [0.4, 0.5) is 18.2 Å². The summed E-state index contributed by atoms with van der Waals surface area (Å²) in [6, 6.07) is 4.46. The number of benzene rings is 1. The Balaban J connectivity index is 2.10. The van der Waals surface area contributed by atoms with Crippen LogP contribution in [0.1, 0.15) is 31.9 Å². The zero-order valence-corrected chi connectivity index (χ0v) is 16.1. The molecule has 2 aromatic rings. The minimum absolute atomic E-state index is 0.0325. The predicted molar refractivity (Wildman–Crippen MR) is 99.8 cm³/mol.